The van der Waals surface area contributed by atoms with Crippen LogP contribution in [-0.2, 0) is 25.9 Å². The van der Waals surface area contributed by atoms with E-state index in [9.17, 15) is 9.59 Å². The molecule has 0 atom stereocenters. The molecule has 2 aromatic heterocycles. The van der Waals surface area contributed by atoms with Crippen molar-refractivity contribution in [3.8, 4) is 0 Å². The van der Waals surface area contributed by atoms with Crippen LogP contribution in [0.5, 0.6) is 0 Å². The topological polar surface area (TPSA) is 88.9 Å². The number of anilines is 1. The molecular weight excluding hydrogens is 422 g/mol. The largest absolute Gasteiger partial charge is 0.347 e. The first-order valence-corrected chi connectivity index (χ1v) is 11.2. The number of benzene rings is 2. The molecule has 0 radical (unpaired) electrons. The van der Waals surface area contributed by atoms with E-state index in [2.05, 4.69) is 32.7 Å². The number of nitrogens with one attached hydrogen (secondary N) is 2. The fourth-order valence-electron chi connectivity index (χ4n) is 3.24. The third-order valence-corrected chi connectivity index (χ3v) is 5.78. The molecule has 0 fully saturated rings. The van der Waals surface area contributed by atoms with Crippen LogP contribution in [-0.4, -0.2) is 20.6 Å². The minimum atomic E-state index is -0.310. The molecule has 4 rings (SSSR count). The number of nitrogens with zero attached hydrogens (tertiary/aromatic N) is 3. The van der Waals surface area contributed by atoms with Gasteiger partial charge in [0.2, 0.25) is 0 Å². The van der Waals surface area contributed by atoms with E-state index in [0.29, 0.717) is 18.8 Å². The van der Waals surface area contributed by atoms with Crippen LogP contribution in [0.15, 0.2) is 83.2 Å². The molecule has 0 aliphatic heterocycles. The summed E-state index contributed by atoms with van der Waals surface area (Å²) in [4.78, 5) is 32.5. The molecule has 2 heterocycles. The lowest BCUT2D eigenvalue weighted by molar-refractivity contribution is 0.251. The number of amides is 2. The van der Waals surface area contributed by atoms with E-state index in [0.717, 1.165) is 29.1 Å². The maximum atomic E-state index is 12.3. The van der Waals surface area contributed by atoms with Crippen LogP contribution < -0.4 is 16.3 Å². The first-order chi connectivity index (χ1) is 15.7. The molecule has 0 spiro atoms. The van der Waals surface area contributed by atoms with Crippen molar-refractivity contribution >= 4 is 23.1 Å². The van der Waals surface area contributed by atoms with E-state index in [1.807, 2.05) is 41.8 Å². The summed E-state index contributed by atoms with van der Waals surface area (Å²) >= 11 is 1.61. The number of hydrogen-bond acceptors (Lipinski definition) is 5. The predicted molar refractivity (Wildman–Crippen MR) is 126 cm³/mol. The Labute approximate surface area is 189 Å². The standard InChI is InChI=1S/C24H23N5O2S/c30-23(26-15-21-17-32-22(27-21)11-10-18-6-2-1-3-7-18)28-20-9-4-8-19(14-20)16-29-13-5-12-25-24(29)31/h1-9,12-14,17H,10-11,15-16H2,(H2,26,28,30). The maximum Gasteiger partial charge on any atom is 0.347 e. The number of aromatic nitrogens is 3. The molecule has 2 amide bonds. The fraction of sp³-hybridized carbons (Fsp3) is 0.167. The molecule has 4 aromatic rings. The molecule has 162 valence electrons. The van der Waals surface area contributed by atoms with Gasteiger partial charge in [0.05, 0.1) is 23.8 Å². The minimum absolute atomic E-state index is 0.306. The van der Waals surface area contributed by atoms with Crippen LogP contribution in [0.3, 0.4) is 0 Å². The molecule has 0 unspecified atom stereocenters. The van der Waals surface area contributed by atoms with Crippen molar-refractivity contribution in [2.45, 2.75) is 25.9 Å². The minimum Gasteiger partial charge on any atom is -0.332 e. The lowest BCUT2D eigenvalue weighted by Gasteiger charge is -2.09. The number of aryl methyl sites for hydroxylation is 2. The Morgan fingerprint density at radius 1 is 1.00 bits per heavy atom. The number of urea groups is 1. The highest BCUT2D eigenvalue weighted by molar-refractivity contribution is 7.09. The van der Waals surface area contributed by atoms with Gasteiger partial charge in [0, 0.05) is 29.9 Å². The van der Waals surface area contributed by atoms with E-state index in [1.54, 1.807) is 29.7 Å². The quantitative estimate of drug-likeness (QED) is 0.431. The number of rotatable bonds is 8. The summed E-state index contributed by atoms with van der Waals surface area (Å²) in [5.41, 5.74) is 3.37. The molecule has 0 saturated heterocycles. The SMILES string of the molecule is O=C(NCc1csc(CCc2ccccc2)n1)Nc1cccc(Cn2cccnc2=O)c1. The van der Waals surface area contributed by atoms with Crippen molar-refractivity contribution in [2.24, 2.45) is 0 Å². The second-order valence-corrected chi connectivity index (χ2v) is 8.20. The molecule has 0 saturated carbocycles. The van der Waals surface area contributed by atoms with Crippen molar-refractivity contribution in [3.63, 3.8) is 0 Å². The Hall–Kier alpha value is -3.78. The Bertz CT molecular complexity index is 1240. The van der Waals surface area contributed by atoms with E-state index in [1.165, 1.54) is 16.3 Å². The highest BCUT2D eigenvalue weighted by atomic mass is 32.1. The monoisotopic (exact) mass is 445 g/mol. The summed E-state index contributed by atoms with van der Waals surface area (Å²) in [6, 6.07) is 19.1. The summed E-state index contributed by atoms with van der Waals surface area (Å²) in [6.45, 7) is 0.743. The normalized spacial score (nSPS) is 10.6. The van der Waals surface area contributed by atoms with Crippen LogP contribution in [0.4, 0.5) is 10.5 Å². The first kappa shape index (κ1) is 21.5. The lowest BCUT2D eigenvalue weighted by Crippen LogP contribution is -2.28. The van der Waals surface area contributed by atoms with Gasteiger partial charge in [-0.15, -0.1) is 11.3 Å². The second kappa shape index (κ2) is 10.5. The van der Waals surface area contributed by atoms with Gasteiger partial charge in [0.15, 0.2) is 0 Å². The summed E-state index contributed by atoms with van der Waals surface area (Å²) < 4.78 is 1.51. The Morgan fingerprint density at radius 2 is 1.84 bits per heavy atom. The molecule has 2 N–H and O–H groups in total. The number of hydrogen-bond donors (Lipinski definition) is 2. The van der Waals surface area contributed by atoms with Crippen molar-refractivity contribution in [2.75, 3.05) is 5.32 Å². The van der Waals surface area contributed by atoms with Crippen molar-refractivity contribution in [1.29, 1.82) is 0 Å². The number of carbonyl (C=O) groups is 1. The number of thiazole rings is 1. The van der Waals surface area contributed by atoms with Crippen molar-refractivity contribution < 1.29 is 4.79 Å². The van der Waals surface area contributed by atoms with Gasteiger partial charge in [0.25, 0.3) is 0 Å². The van der Waals surface area contributed by atoms with Gasteiger partial charge in [-0.3, -0.25) is 4.57 Å². The van der Waals surface area contributed by atoms with Gasteiger partial charge in [-0.05, 0) is 35.7 Å². The Morgan fingerprint density at radius 3 is 2.69 bits per heavy atom. The molecule has 8 heteroatoms. The molecule has 0 aliphatic carbocycles. The molecular formula is C24H23N5O2S. The van der Waals surface area contributed by atoms with Crippen LogP contribution >= 0.6 is 11.3 Å². The van der Waals surface area contributed by atoms with Crippen LogP contribution in [0, 0.1) is 0 Å². The third-order valence-electron chi connectivity index (χ3n) is 4.82. The molecule has 0 bridgehead atoms. The third kappa shape index (κ3) is 6.12. The Kier molecular flexibility index (Phi) is 7.04. The zero-order chi connectivity index (χ0) is 22.2. The number of carbonyl (C=O) groups excluding carboxylic acids is 1. The molecule has 7 nitrogen and oxygen atoms in total. The first-order valence-electron chi connectivity index (χ1n) is 10.3. The smallest absolute Gasteiger partial charge is 0.332 e. The maximum absolute atomic E-state index is 12.3. The average Bonchev–Trinajstić information content (AvgIpc) is 3.27. The summed E-state index contributed by atoms with van der Waals surface area (Å²) in [7, 11) is 0. The van der Waals surface area contributed by atoms with E-state index in [-0.39, 0.29) is 11.7 Å². The highest BCUT2D eigenvalue weighted by Gasteiger charge is 2.07. The average molecular weight is 446 g/mol. The lowest BCUT2D eigenvalue weighted by atomic mass is 10.1. The van der Waals surface area contributed by atoms with E-state index >= 15 is 0 Å². The fourth-order valence-corrected chi connectivity index (χ4v) is 4.04. The zero-order valence-corrected chi connectivity index (χ0v) is 18.2. The summed E-state index contributed by atoms with van der Waals surface area (Å²) in [5.74, 6) is 0. The van der Waals surface area contributed by atoms with Crippen molar-refractivity contribution in [1.82, 2.24) is 19.9 Å². The predicted octanol–water partition coefficient (Wildman–Crippen LogP) is 3.86. The molecule has 0 aliphatic rings. The Balaban J connectivity index is 1.27. The van der Waals surface area contributed by atoms with Gasteiger partial charge in [-0.1, -0.05) is 42.5 Å². The summed E-state index contributed by atoms with van der Waals surface area (Å²) in [6.07, 6.45) is 4.98. The van der Waals surface area contributed by atoms with Gasteiger partial charge in [-0.25, -0.2) is 19.6 Å². The van der Waals surface area contributed by atoms with Crippen LogP contribution in [0.25, 0.3) is 0 Å². The van der Waals surface area contributed by atoms with Gasteiger partial charge in [-0.2, -0.15) is 0 Å². The van der Waals surface area contributed by atoms with Crippen LogP contribution in [0.1, 0.15) is 21.8 Å². The van der Waals surface area contributed by atoms with E-state index in [4.69, 9.17) is 0 Å². The second-order valence-electron chi connectivity index (χ2n) is 7.26. The van der Waals surface area contributed by atoms with Gasteiger partial charge in [0.1, 0.15) is 0 Å². The van der Waals surface area contributed by atoms with Gasteiger partial charge >= 0.3 is 11.7 Å². The summed E-state index contributed by atoms with van der Waals surface area (Å²) in [5, 5.41) is 8.71. The van der Waals surface area contributed by atoms with E-state index < -0.39 is 0 Å². The van der Waals surface area contributed by atoms with Crippen LogP contribution in [0.2, 0.25) is 0 Å². The van der Waals surface area contributed by atoms with Gasteiger partial charge < -0.3 is 10.6 Å². The van der Waals surface area contributed by atoms with Crippen molar-refractivity contribution in [3.05, 3.63) is 111 Å². The highest BCUT2D eigenvalue weighted by Crippen LogP contribution is 2.14. The molecule has 32 heavy (non-hydrogen) atoms. The molecule has 2 aromatic carbocycles. The zero-order valence-electron chi connectivity index (χ0n) is 17.4.